The van der Waals surface area contributed by atoms with Gasteiger partial charge in [0.1, 0.15) is 0 Å². The van der Waals surface area contributed by atoms with E-state index in [0.29, 0.717) is 11.5 Å². The van der Waals surface area contributed by atoms with Gasteiger partial charge in [-0.25, -0.2) is 4.98 Å². The van der Waals surface area contributed by atoms with Crippen molar-refractivity contribution < 1.29 is 13.2 Å². The minimum atomic E-state index is -4.33. The third-order valence-corrected chi connectivity index (χ3v) is 4.74. The third-order valence-electron chi connectivity index (χ3n) is 3.71. The summed E-state index contributed by atoms with van der Waals surface area (Å²) in [5.74, 6) is 0.576. The highest BCUT2D eigenvalue weighted by Crippen LogP contribution is 2.29. The van der Waals surface area contributed by atoms with Crippen molar-refractivity contribution in [2.24, 2.45) is 4.99 Å². The van der Waals surface area contributed by atoms with Gasteiger partial charge in [0, 0.05) is 31.2 Å². The maximum Gasteiger partial charge on any atom is 0.416 e. The summed E-state index contributed by atoms with van der Waals surface area (Å²) in [5, 5.41) is 9.41. The molecule has 1 aromatic carbocycles. The van der Waals surface area contributed by atoms with Gasteiger partial charge in [-0.2, -0.15) is 13.2 Å². The lowest BCUT2D eigenvalue weighted by Crippen LogP contribution is -2.37. The van der Waals surface area contributed by atoms with E-state index in [2.05, 4.69) is 20.6 Å². The Balaban J connectivity index is 0.00000364. The number of nitrogens with one attached hydrogen (secondary N) is 2. The van der Waals surface area contributed by atoms with Crippen molar-refractivity contribution in [2.45, 2.75) is 38.9 Å². The second-order valence-corrected chi connectivity index (χ2v) is 6.83. The average molecular weight is 512 g/mol. The maximum atomic E-state index is 12.7. The number of aryl methyl sites for hydroxylation is 2. The number of hydrogen-bond acceptors (Lipinski definition) is 3. The molecular weight excluding hydrogens is 488 g/mol. The number of nitrogens with zero attached hydrogens (tertiary/aromatic N) is 2. The van der Waals surface area contributed by atoms with E-state index >= 15 is 0 Å². The van der Waals surface area contributed by atoms with Gasteiger partial charge >= 0.3 is 6.18 Å². The Morgan fingerprint density at radius 3 is 2.63 bits per heavy atom. The van der Waals surface area contributed by atoms with Crippen LogP contribution in [0, 0.1) is 6.92 Å². The smallest absolute Gasteiger partial charge is 0.356 e. The van der Waals surface area contributed by atoms with Gasteiger partial charge in [0.2, 0.25) is 0 Å². The van der Waals surface area contributed by atoms with E-state index in [1.807, 2.05) is 12.3 Å². The van der Waals surface area contributed by atoms with Crippen molar-refractivity contribution in [1.29, 1.82) is 0 Å². The summed E-state index contributed by atoms with van der Waals surface area (Å²) in [6, 6.07) is 5.29. The van der Waals surface area contributed by atoms with Crippen molar-refractivity contribution in [3.05, 3.63) is 51.5 Å². The van der Waals surface area contributed by atoms with E-state index in [1.165, 1.54) is 6.07 Å². The van der Waals surface area contributed by atoms with E-state index in [1.54, 1.807) is 24.5 Å². The van der Waals surface area contributed by atoms with Crippen LogP contribution in [0.5, 0.6) is 0 Å². The number of aromatic nitrogens is 1. The molecule has 1 heterocycles. The number of benzene rings is 1. The molecule has 150 valence electrons. The molecule has 2 aromatic rings. The fraction of sp³-hybridized carbons (Fsp3) is 0.444. The molecule has 1 aromatic heterocycles. The van der Waals surface area contributed by atoms with Crippen molar-refractivity contribution in [1.82, 2.24) is 15.6 Å². The Labute approximate surface area is 178 Å². The van der Waals surface area contributed by atoms with Crippen molar-refractivity contribution in [3.8, 4) is 0 Å². The van der Waals surface area contributed by atoms with E-state index < -0.39 is 11.7 Å². The minimum Gasteiger partial charge on any atom is -0.356 e. The number of unbranched alkanes of at least 4 members (excludes halogenated alkanes) is 1. The highest BCUT2D eigenvalue weighted by Gasteiger charge is 2.30. The molecule has 4 nitrogen and oxygen atoms in total. The SMILES string of the molecule is CN=C(NCCCCc1nc(C)cs1)NCc1cccc(C(F)(F)F)c1.I. The summed E-state index contributed by atoms with van der Waals surface area (Å²) in [6.45, 7) is 3.01. The van der Waals surface area contributed by atoms with Crippen LogP contribution >= 0.6 is 35.3 Å². The zero-order valence-electron chi connectivity index (χ0n) is 15.3. The van der Waals surface area contributed by atoms with Crippen molar-refractivity contribution >= 4 is 41.3 Å². The third kappa shape index (κ3) is 8.46. The summed E-state index contributed by atoms with van der Waals surface area (Å²) < 4.78 is 38.2. The Morgan fingerprint density at radius 1 is 1.22 bits per heavy atom. The molecule has 0 saturated carbocycles. The second-order valence-electron chi connectivity index (χ2n) is 5.89. The predicted octanol–water partition coefficient (Wildman–Crippen LogP) is 4.78. The van der Waals surface area contributed by atoms with Crippen LogP contribution in [0.15, 0.2) is 34.6 Å². The van der Waals surface area contributed by atoms with Gasteiger partial charge in [0.15, 0.2) is 5.96 Å². The van der Waals surface area contributed by atoms with Crippen LogP contribution in [0.4, 0.5) is 13.2 Å². The number of thiazole rings is 1. The summed E-state index contributed by atoms with van der Waals surface area (Å²) in [5.41, 5.74) is 0.974. The number of hydrogen-bond donors (Lipinski definition) is 2. The molecule has 2 N–H and O–H groups in total. The molecule has 0 unspecified atom stereocenters. The fourth-order valence-electron chi connectivity index (χ4n) is 2.39. The Bertz CT molecular complexity index is 731. The maximum absolute atomic E-state index is 12.7. The molecule has 0 aliphatic rings. The molecule has 2 rings (SSSR count). The van der Waals surface area contributed by atoms with Crippen molar-refractivity contribution in [3.63, 3.8) is 0 Å². The highest BCUT2D eigenvalue weighted by molar-refractivity contribution is 14.0. The van der Waals surface area contributed by atoms with Gasteiger partial charge in [-0.05, 0) is 43.9 Å². The molecule has 0 atom stereocenters. The number of guanidine groups is 1. The number of rotatable bonds is 7. The standard InChI is InChI=1S/C18H23F3N4S.HI/c1-13-12-26-16(25-13)8-3-4-9-23-17(22-2)24-11-14-6-5-7-15(10-14)18(19,20)21;/h5-7,10,12H,3-4,8-9,11H2,1-2H3,(H2,22,23,24);1H. The molecule has 0 amide bonds. The van der Waals surface area contributed by atoms with Gasteiger partial charge < -0.3 is 10.6 Å². The second kappa shape index (κ2) is 11.5. The van der Waals surface area contributed by atoms with E-state index in [0.717, 1.165) is 48.6 Å². The molecule has 0 aliphatic carbocycles. The van der Waals surface area contributed by atoms with E-state index in [-0.39, 0.29) is 30.5 Å². The Kier molecular flexibility index (Phi) is 10.1. The molecule has 9 heteroatoms. The summed E-state index contributed by atoms with van der Waals surface area (Å²) in [4.78, 5) is 8.52. The first-order valence-corrected chi connectivity index (χ1v) is 9.28. The van der Waals surface area contributed by atoms with Crippen LogP contribution in [-0.2, 0) is 19.1 Å². The van der Waals surface area contributed by atoms with Crippen LogP contribution in [-0.4, -0.2) is 24.5 Å². The van der Waals surface area contributed by atoms with Crippen LogP contribution in [0.1, 0.15) is 34.7 Å². The number of aliphatic imine (C=N–C) groups is 1. The van der Waals surface area contributed by atoms with Crippen LogP contribution < -0.4 is 10.6 Å². The van der Waals surface area contributed by atoms with E-state index in [4.69, 9.17) is 0 Å². The van der Waals surface area contributed by atoms with Crippen LogP contribution in [0.3, 0.4) is 0 Å². The summed E-state index contributed by atoms with van der Waals surface area (Å²) in [7, 11) is 1.64. The molecule has 0 radical (unpaired) electrons. The van der Waals surface area contributed by atoms with Gasteiger partial charge in [0.05, 0.1) is 10.6 Å². The molecule has 0 saturated heterocycles. The monoisotopic (exact) mass is 512 g/mol. The first-order valence-electron chi connectivity index (χ1n) is 8.40. The predicted molar refractivity (Wildman–Crippen MR) is 115 cm³/mol. The van der Waals surface area contributed by atoms with Gasteiger partial charge in [-0.1, -0.05) is 12.1 Å². The average Bonchev–Trinajstić information content (AvgIpc) is 3.02. The lowest BCUT2D eigenvalue weighted by atomic mass is 10.1. The summed E-state index contributed by atoms with van der Waals surface area (Å²) in [6.07, 6.45) is -1.39. The summed E-state index contributed by atoms with van der Waals surface area (Å²) >= 11 is 1.68. The van der Waals surface area contributed by atoms with Gasteiger partial charge in [-0.3, -0.25) is 4.99 Å². The fourth-order valence-corrected chi connectivity index (χ4v) is 3.21. The molecule has 0 fully saturated rings. The van der Waals surface area contributed by atoms with Crippen LogP contribution in [0.2, 0.25) is 0 Å². The highest BCUT2D eigenvalue weighted by atomic mass is 127. The Morgan fingerprint density at radius 2 is 2.00 bits per heavy atom. The van der Waals surface area contributed by atoms with E-state index in [9.17, 15) is 13.2 Å². The molecule has 0 aliphatic heterocycles. The zero-order valence-corrected chi connectivity index (χ0v) is 18.4. The van der Waals surface area contributed by atoms with Gasteiger partial charge in [0.25, 0.3) is 0 Å². The number of alkyl halides is 3. The zero-order chi connectivity index (χ0) is 19.0. The lowest BCUT2D eigenvalue weighted by Gasteiger charge is -2.13. The largest absolute Gasteiger partial charge is 0.416 e. The first kappa shape index (κ1) is 23.7. The molecule has 27 heavy (non-hydrogen) atoms. The molecular formula is C18H24F3IN4S. The number of halogens is 4. The lowest BCUT2D eigenvalue weighted by molar-refractivity contribution is -0.137. The quantitative estimate of drug-likeness (QED) is 0.243. The van der Waals surface area contributed by atoms with Gasteiger partial charge in [-0.15, -0.1) is 35.3 Å². The first-order chi connectivity index (χ1) is 12.4. The topological polar surface area (TPSA) is 49.3 Å². The normalized spacial score (nSPS) is 11.8. The molecule has 0 spiro atoms. The Hall–Kier alpha value is -1.36. The van der Waals surface area contributed by atoms with Crippen LogP contribution in [0.25, 0.3) is 0 Å². The minimum absolute atomic E-state index is 0. The van der Waals surface area contributed by atoms with Crippen molar-refractivity contribution in [2.75, 3.05) is 13.6 Å². The molecule has 0 bridgehead atoms.